The van der Waals surface area contributed by atoms with Crippen LogP contribution in [-0.4, -0.2) is 57.9 Å². The monoisotopic (exact) mass is 254 g/mol. The van der Waals surface area contributed by atoms with Crippen molar-refractivity contribution in [2.24, 2.45) is 0 Å². The SMILES string of the molecule is [B][C@@H]1O[C@H](COC)C(OP(=O)(O)OC)[C@H]1F. The van der Waals surface area contributed by atoms with Crippen molar-refractivity contribution in [1.82, 2.24) is 0 Å². The first-order valence-corrected chi connectivity index (χ1v) is 6.02. The van der Waals surface area contributed by atoms with Gasteiger partial charge in [0, 0.05) is 14.2 Å². The van der Waals surface area contributed by atoms with E-state index in [1.807, 2.05) is 0 Å². The van der Waals surface area contributed by atoms with Gasteiger partial charge in [0.25, 0.3) is 0 Å². The van der Waals surface area contributed by atoms with Gasteiger partial charge in [-0.1, -0.05) is 0 Å². The van der Waals surface area contributed by atoms with Crippen LogP contribution in [0.4, 0.5) is 4.39 Å². The first-order chi connectivity index (χ1) is 7.41. The van der Waals surface area contributed by atoms with Crippen LogP contribution < -0.4 is 0 Å². The van der Waals surface area contributed by atoms with Gasteiger partial charge in [0.05, 0.1) is 12.6 Å². The third-order valence-corrected chi connectivity index (χ3v) is 3.11. The van der Waals surface area contributed by atoms with Crippen molar-refractivity contribution in [1.29, 1.82) is 0 Å². The van der Waals surface area contributed by atoms with Crippen LogP contribution in [0.2, 0.25) is 0 Å². The number of ether oxygens (including phenoxy) is 2. The van der Waals surface area contributed by atoms with Crippen molar-refractivity contribution < 1.29 is 32.4 Å². The van der Waals surface area contributed by atoms with Gasteiger partial charge in [-0.25, -0.2) is 8.96 Å². The maximum absolute atomic E-state index is 13.5. The molecule has 9 heteroatoms. The molecule has 0 aliphatic carbocycles. The van der Waals surface area contributed by atoms with E-state index in [2.05, 4.69) is 9.05 Å². The molecular weight excluding hydrogens is 241 g/mol. The average Bonchev–Trinajstić information content (AvgIpc) is 2.47. The van der Waals surface area contributed by atoms with E-state index in [4.69, 9.17) is 22.2 Å². The molecule has 2 unspecified atom stereocenters. The Morgan fingerprint density at radius 3 is 2.69 bits per heavy atom. The Bertz CT molecular complexity index is 280. The first kappa shape index (κ1) is 14.1. The van der Waals surface area contributed by atoms with Crippen molar-refractivity contribution >= 4 is 15.7 Å². The summed E-state index contributed by atoms with van der Waals surface area (Å²) in [6, 6.07) is -1.21. The van der Waals surface area contributed by atoms with E-state index in [9.17, 15) is 8.96 Å². The summed E-state index contributed by atoms with van der Waals surface area (Å²) in [4.78, 5) is 9.08. The molecule has 1 aliphatic rings. The van der Waals surface area contributed by atoms with E-state index in [-0.39, 0.29) is 6.61 Å². The molecule has 1 aliphatic heterocycles. The van der Waals surface area contributed by atoms with E-state index in [1.165, 1.54) is 7.11 Å². The summed E-state index contributed by atoms with van der Waals surface area (Å²) in [5.74, 6) is 0. The molecule has 0 aromatic heterocycles. The van der Waals surface area contributed by atoms with Gasteiger partial charge in [0.1, 0.15) is 26.2 Å². The Hall–Kier alpha value is 0.0249. The molecule has 0 aromatic carbocycles. The molecule has 0 amide bonds. The predicted octanol–water partition coefficient (Wildman–Crippen LogP) is -0.00370. The Kier molecular flexibility index (Phi) is 4.91. The lowest BCUT2D eigenvalue weighted by Gasteiger charge is -2.21. The number of halogens is 1. The smallest absolute Gasteiger partial charge is 0.382 e. The number of methoxy groups -OCH3 is 1. The molecule has 0 saturated carbocycles. The molecule has 1 fully saturated rings. The second-order valence-electron chi connectivity index (χ2n) is 3.26. The first-order valence-electron chi connectivity index (χ1n) is 4.52. The summed E-state index contributed by atoms with van der Waals surface area (Å²) in [5.41, 5.74) is 0. The van der Waals surface area contributed by atoms with E-state index >= 15 is 0 Å². The minimum absolute atomic E-state index is 0.00248. The second kappa shape index (κ2) is 5.57. The highest BCUT2D eigenvalue weighted by atomic mass is 31.2. The third kappa shape index (κ3) is 3.26. The molecule has 6 nitrogen and oxygen atoms in total. The molecule has 0 bridgehead atoms. The Labute approximate surface area is 94.0 Å². The molecule has 1 rings (SSSR count). The van der Waals surface area contributed by atoms with E-state index in [0.717, 1.165) is 7.11 Å². The van der Waals surface area contributed by atoms with E-state index < -0.39 is 32.2 Å². The highest BCUT2D eigenvalue weighted by molar-refractivity contribution is 7.47. The Balaban J connectivity index is 2.70. The van der Waals surface area contributed by atoms with Crippen molar-refractivity contribution in [2.45, 2.75) is 24.4 Å². The largest absolute Gasteiger partial charge is 0.472 e. The van der Waals surface area contributed by atoms with Crippen LogP contribution in [0.15, 0.2) is 0 Å². The zero-order valence-electron chi connectivity index (χ0n) is 8.91. The fourth-order valence-corrected chi connectivity index (χ4v) is 2.01. The summed E-state index contributed by atoms with van der Waals surface area (Å²) in [6.45, 7) is 0.00248. The summed E-state index contributed by atoms with van der Waals surface area (Å²) in [6.07, 6.45) is -3.84. The van der Waals surface area contributed by atoms with Gasteiger partial charge in [-0.2, -0.15) is 0 Å². The van der Waals surface area contributed by atoms with E-state index in [1.54, 1.807) is 0 Å². The number of hydrogen-bond donors (Lipinski definition) is 1. The van der Waals surface area contributed by atoms with Crippen LogP contribution in [0, 0.1) is 0 Å². The molecule has 1 heterocycles. The summed E-state index contributed by atoms with van der Waals surface area (Å²) in [7, 11) is 3.39. The summed E-state index contributed by atoms with van der Waals surface area (Å²) < 4.78 is 43.2. The van der Waals surface area contributed by atoms with E-state index in [0.29, 0.717) is 0 Å². The zero-order chi connectivity index (χ0) is 12.3. The number of phosphoric ester groups is 1. The number of alkyl halides is 1. The minimum atomic E-state index is -4.28. The quantitative estimate of drug-likeness (QED) is 0.549. The predicted molar refractivity (Wildman–Crippen MR) is 52.9 cm³/mol. The van der Waals surface area contributed by atoms with Crippen LogP contribution >= 0.6 is 7.82 Å². The fourth-order valence-electron chi connectivity index (χ4n) is 1.37. The summed E-state index contributed by atoms with van der Waals surface area (Å²) in [5, 5.41) is 0. The van der Waals surface area contributed by atoms with Gasteiger partial charge in [-0.15, -0.1) is 0 Å². The lowest BCUT2D eigenvalue weighted by atomic mass is 9.94. The molecule has 92 valence electrons. The Morgan fingerprint density at radius 2 is 2.19 bits per heavy atom. The normalized spacial score (nSPS) is 38.5. The fraction of sp³-hybridized carbons (Fsp3) is 1.00. The van der Waals surface area contributed by atoms with Crippen molar-refractivity contribution in [3.05, 3.63) is 0 Å². The number of hydrogen-bond acceptors (Lipinski definition) is 5. The van der Waals surface area contributed by atoms with Crippen LogP contribution in [0.3, 0.4) is 0 Å². The average molecular weight is 254 g/mol. The van der Waals surface area contributed by atoms with Gasteiger partial charge in [-0.3, -0.25) is 9.05 Å². The third-order valence-electron chi connectivity index (χ3n) is 2.14. The highest BCUT2D eigenvalue weighted by Gasteiger charge is 2.46. The highest BCUT2D eigenvalue weighted by Crippen LogP contribution is 2.46. The molecule has 5 atom stereocenters. The maximum atomic E-state index is 13.5. The van der Waals surface area contributed by atoms with Gasteiger partial charge < -0.3 is 14.4 Å². The van der Waals surface area contributed by atoms with Crippen molar-refractivity contribution in [3.63, 3.8) is 0 Å². The molecule has 1 N–H and O–H groups in total. The molecule has 1 saturated heterocycles. The van der Waals surface area contributed by atoms with Crippen molar-refractivity contribution in [2.75, 3.05) is 20.8 Å². The standard InChI is InChI=1S/C7H13BFO6P/c1-12-3-4-6(5(9)7(8)14-4)15-16(10,11)13-2/h4-7H,3H2,1-2H3,(H,10,11)/t4-,5-,6?,7-/m1/s1. The van der Waals surface area contributed by atoms with Gasteiger partial charge in [-0.05, 0) is 0 Å². The van der Waals surface area contributed by atoms with Crippen LogP contribution in [0.1, 0.15) is 0 Å². The number of rotatable bonds is 5. The maximum Gasteiger partial charge on any atom is 0.472 e. The topological polar surface area (TPSA) is 74.2 Å². The molecule has 0 spiro atoms. The second-order valence-corrected chi connectivity index (χ2v) is 4.77. The lowest BCUT2D eigenvalue weighted by Crippen LogP contribution is -2.34. The minimum Gasteiger partial charge on any atom is -0.382 e. The molecule has 16 heavy (non-hydrogen) atoms. The van der Waals surface area contributed by atoms with Crippen LogP contribution in [0.5, 0.6) is 0 Å². The number of phosphoric acid groups is 1. The molecule has 2 radical (unpaired) electrons. The van der Waals surface area contributed by atoms with Gasteiger partial charge in [0.2, 0.25) is 0 Å². The van der Waals surface area contributed by atoms with Gasteiger partial charge in [0.15, 0.2) is 0 Å². The Morgan fingerprint density at radius 1 is 1.56 bits per heavy atom. The van der Waals surface area contributed by atoms with Gasteiger partial charge >= 0.3 is 7.82 Å². The summed E-state index contributed by atoms with van der Waals surface area (Å²) >= 11 is 0. The zero-order valence-corrected chi connectivity index (χ0v) is 9.80. The van der Waals surface area contributed by atoms with Crippen molar-refractivity contribution in [3.8, 4) is 0 Å². The van der Waals surface area contributed by atoms with Crippen LogP contribution in [0.25, 0.3) is 0 Å². The molecule has 0 aromatic rings. The van der Waals surface area contributed by atoms with Crippen LogP contribution in [-0.2, 0) is 23.1 Å². The lowest BCUT2D eigenvalue weighted by molar-refractivity contribution is -0.0197. The molecular formula is C7H13BFO6P.